The van der Waals surface area contributed by atoms with Crippen LogP contribution >= 0.6 is 15.9 Å². The van der Waals surface area contributed by atoms with Crippen molar-refractivity contribution >= 4 is 15.9 Å². The molecule has 1 N–H and O–H groups in total. The smallest absolute Gasteiger partial charge is 0.169 e. The van der Waals surface area contributed by atoms with E-state index in [1.807, 2.05) is 12.1 Å². The molecule has 3 heteroatoms. The number of nitrogens with one attached hydrogen (secondary N) is 1. The lowest BCUT2D eigenvalue weighted by Crippen LogP contribution is -2.23. The second-order valence-electron chi connectivity index (χ2n) is 4.28. The highest BCUT2D eigenvalue weighted by Gasteiger charge is 2.15. The molecule has 1 heterocycles. The second kappa shape index (κ2) is 6.33. The molecular formula is C12H20BrNO. The first-order valence-electron chi connectivity index (χ1n) is 5.62. The molecule has 15 heavy (non-hydrogen) atoms. The molecule has 0 aliphatic carbocycles. The molecule has 0 amide bonds. The fourth-order valence-electron chi connectivity index (χ4n) is 1.61. The molecule has 2 nitrogen and oxygen atoms in total. The predicted octanol–water partition coefficient (Wildman–Crippen LogP) is 4.13. The molecule has 1 rings (SSSR count). The van der Waals surface area contributed by atoms with E-state index in [-0.39, 0.29) is 0 Å². The van der Waals surface area contributed by atoms with Gasteiger partial charge in [-0.05, 0) is 53.4 Å². The summed E-state index contributed by atoms with van der Waals surface area (Å²) in [6.45, 7) is 7.68. The fraction of sp³-hybridized carbons (Fsp3) is 0.667. The van der Waals surface area contributed by atoms with Gasteiger partial charge in [0.1, 0.15) is 5.76 Å². The van der Waals surface area contributed by atoms with Crippen LogP contribution in [0.4, 0.5) is 0 Å². The van der Waals surface area contributed by atoms with Gasteiger partial charge in [0.15, 0.2) is 4.67 Å². The second-order valence-corrected chi connectivity index (χ2v) is 5.06. The number of halogens is 1. The van der Waals surface area contributed by atoms with Crippen LogP contribution in [0.25, 0.3) is 0 Å². The van der Waals surface area contributed by atoms with Crippen LogP contribution in [0.5, 0.6) is 0 Å². The molecular weight excluding hydrogens is 254 g/mol. The topological polar surface area (TPSA) is 25.2 Å². The average molecular weight is 274 g/mol. The Bertz CT molecular complexity index is 283. The summed E-state index contributed by atoms with van der Waals surface area (Å²) in [5.41, 5.74) is 0. The Kier molecular flexibility index (Phi) is 5.40. The number of rotatable bonds is 6. The zero-order chi connectivity index (χ0) is 11.3. The van der Waals surface area contributed by atoms with Crippen LogP contribution in [0, 0.1) is 5.92 Å². The third-order valence-electron chi connectivity index (χ3n) is 2.29. The van der Waals surface area contributed by atoms with Crippen LogP contribution in [0.3, 0.4) is 0 Å². The minimum absolute atomic E-state index is 0.344. The van der Waals surface area contributed by atoms with Crippen molar-refractivity contribution in [2.24, 2.45) is 5.92 Å². The highest BCUT2D eigenvalue weighted by molar-refractivity contribution is 9.10. The largest absolute Gasteiger partial charge is 0.453 e. The molecule has 1 atom stereocenters. The molecule has 1 unspecified atom stereocenters. The van der Waals surface area contributed by atoms with E-state index in [9.17, 15) is 0 Å². The Labute approximate surface area is 101 Å². The van der Waals surface area contributed by atoms with Gasteiger partial charge in [0.25, 0.3) is 0 Å². The van der Waals surface area contributed by atoms with Gasteiger partial charge in [-0.1, -0.05) is 20.8 Å². The lowest BCUT2D eigenvalue weighted by molar-refractivity contribution is 0.355. The third-order valence-corrected chi connectivity index (χ3v) is 2.71. The SMILES string of the molecule is CCCNC(CC(C)C)c1ccc(Br)o1. The molecule has 0 aliphatic heterocycles. The van der Waals surface area contributed by atoms with Crippen LogP contribution in [0.1, 0.15) is 45.4 Å². The van der Waals surface area contributed by atoms with Crippen LogP contribution in [0.15, 0.2) is 21.2 Å². The molecule has 0 radical (unpaired) electrons. The van der Waals surface area contributed by atoms with Gasteiger partial charge >= 0.3 is 0 Å². The van der Waals surface area contributed by atoms with Crippen molar-refractivity contribution in [1.29, 1.82) is 0 Å². The van der Waals surface area contributed by atoms with Crippen molar-refractivity contribution in [3.63, 3.8) is 0 Å². The summed E-state index contributed by atoms with van der Waals surface area (Å²) in [4.78, 5) is 0. The number of furan rings is 1. The monoisotopic (exact) mass is 273 g/mol. The van der Waals surface area contributed by atoms with Crippen molar-refractivity contribution in [1.82, 2.24) is 5.32 Å². The summed E-state index contributed by atoms with van der Waals surface area (Å²) in [5.74, 6) is 1.70. The summed E-state index contributed by atoms with van der Waals surface area (Å²) in [7, 11) is 0. The first-order chi connectivity index (χ1) is 7.13. The van der Waals surface area contributed by atoms with Gasteiger partial charge in [-0.15, -0.1) is 0 Å². The Hall–Kier alpha value is -0.280. The van der Waals surface area contributed by atoms with E-state index < -0.39 is 0 Å². The maximum Gasteiger partial charge on any atom is 0.169 e. The lowest BCUT2D eigenvalue weighted by atomic mass is 10.0. The van der Waals surface area contributed by atoms with Crippen molar-refractivity contribution in [2.45, 2.75) is 39.7 Å². The van der Waals surface area contributed by atoms with Gasteiger partial charge in [-0.3, -0.25) is 0 Å². The maximum atomic E-state index is 5.60. The van der Waals surface area contributed by atoms with Gasteiger partial charge in [-0.25, -0.2) is 0 Å². The Morgan fingerprint density at radius 2 is 2.13 bits per heavy atom. The van der Waals surface area contributed by atoms with E-state index in [0.717, 1.165) is 29.8 Å². The first kappa shape index (κ1) is 12.8. The summed E-state index contributed by atoms with van der Waals surface area (Å²) in [6.07, 6.45) is 2.26. The van der Waals surface area contributed by atoms with Crippen molar-refractivity contribution in [2.75, 3.05) is 6.54 Å². The van der Waals surface area contributed by atoms with Gasteiger partial charge in [0.05, 0.1) is 6.04 Å². The van der Waals surface area contributed by atoms with Gasteiger partial charge in [0.2, 0.25) is 0 Å². The van der Waals surface area contributed by atoms with E-state index in [2.05, 4.69) is 42.0 Å². The minimum atomic E-state index is 0.344. The normalized spacial score (nSPS) is 13.4. The average Bonchev–Trinajstić information content (AvgIpc) is 2.58. The van der Waals surface area contributed by atoms with Crippen molar-refractivity contribution in [3.8, 4) is 0 Å². The van der Waals surface area contributed by atoms with Gasteiger partial charge < -0.3 is 9.73 Å². The van der Waals surface area contributed by atoms with Crippen LogP contribution in [-0.2, 0) is 0 Å². The molecule has 0 spiro atoms. The van der Waals surface area contributed by atoms with Gasteiger partial charge in [0, 0.05) is 0 Å². The molecule has 0 aromatic carbocycles. The molecule has 0 saturated heterocycles. The molecule has 86 valence electrons. The Balaban J connectivity index is 2.62. The van der Waals surface area contributed by atoms with Crippen molar-refractivity contribution in [3.05, 3.63) is 22.6 Å². The van der Waals surface area contributed by atoms with Crippen molar-refractivity contribution < 1.29 is 4.42 Å². The first-order valence-corrected chi connectivity index (χ1v) is 6.41. The zero-order valence-corrected chi connectivity index (χ0v) is 11.3. The fourth-order valence-corrected chi connectivity index (χ4v) is 1.92. The van der Waals surface area contributed by atoms with E-state index in [1.54, 1.807) is 0 Å². The molecule has 1 aromatic rings. The Morgan fingerprint density at radius 1 is 1.40 bits per heavy atom. The van der Waals surface area contributed by atoms with E-state index in [4.69, 9.17) is 4.42 Å². The molecule has 0 aliphatic rings. The lowest BCUT2D eigenvalue weighted by Gasteiger charge is -2.18. The maximum absolute atomic E-state index is 5.60. The number of hydrogen-bond acceptors (Lipinski definition) is 2. The van der Waals surface area contributed by atoms with Gasteiger partial charge in [-0.2, -0.15) is 0 Å². The van der Waals surface area contributed by atoms with Crippen LogP contribution < -0.4 is 5.32 Å². The summed E-state index contributed by atoms with van der Waals surface area (Å²) in [6, 6.07) is 4.34. The predicted molar refractivity (Wildman–Crippen MR) is 66.9 cm³/mol. The molecule has 0 fully saturated rings. The standard InChI is InChI=1S/C12H20BrNO/c1-4-7-14-10(8-9(2)3)11-5-6-12(13)15-11/h5-6,9-10,14H,4,7-8H2,1-3H3. The highest BCUT2D eigenvalue weighted by atomic mass is 79.9. The third kappa shape index (κ3) is 4.39. The van der Waals surface area contributed by atoms with Crippen LogP contribution in [-0.4, -0.2) is 6.54 Å². The van der Waals surface area contributed by atoms with Crippen LogP contribution in [0.2, 0.25) is 0 Å². The Morgan fingerprint density at radius 3 is 2.60 bits per heavy atom. The zero-order valence-electron chi connectivity index (χ0n) is 9.72. The quantitative estimate of drug-likeness (QED) is 0.843. The molecule has 0 saturated carbocycles. The number of hydrogen-bond donors (Lipinski definition) is 1. The molecule has 0 bridgehead atoms. The van der Waals surface area contributed by atoms with E-state index in [1.165, 1.54) is 0 Å². The highest BCUT2D eigenvalue weighted by Crippen LogP contribution is 2.25. The van der Waals surface area contributed by atoms with E-state index >= 15 is 0 Å². The minimum Gasteiger partial charge on any atom is -0.453 e. The molecule has 1 aromatic heterocycles. The summed E-state index contributed by atoms with van der Waals surface area (Å²) >= 11 is 3.34. The summed E-state index contributed by atoms with van der Waals surface area (Å²) in [5, 5.41) is 3.52. The van der Waals surface area contributed by atoms with E-state index in [0.29, 0.717) is 12.0 Å². The summed E-state index contributed by atoms with van der Waals surface area (Å²) < 4.78 is 6.41.